The predicted octanol–water partition coefficient (Wildman–Crippen LogP) is 4.04. The van der Waals surface area contributed by atoms with Crippen LogP contribution in [0.25, 0.3) is 0 Å². The molecular formula is C19H23ClN2O2. The Morgan fingerprint density at radius 2 is 2.00 bits per heavy atom. The fourth-order valence-corrected chi connectivity index (χ4v) is 3.00. The third-order valence-electron chi connectivity index (χ3n) is 3.70. The Hall–Kier alpha value is -2.04. The Labute approximate surface area is 148 Å². The van der Waals surface area contributed by atoms with Crippen molar-refractivity contribution >= 4 is 23.2 Å². The molecule has 0 fully saturated rings. The number of halogens is 1. The first-order valence-electron chi connectivity index (χ1n) is 7.77. The molecule has 0 radical (unpaired) electrons. The SMILES string of the molecule is COc1cccc(CN(C)CC(=O)Nc2c(C)cc(C)cc2Cl)c1. The first kappa shape index (κ1) is 18.3. The van der Waals surface area contributed by atoms with Gasteiger partial charge in [-0.2, -0.15) is 0 Å². The number of aryl methyl sites for hydroxylation is 2. The third kappa shape index (κ3) is 4.98. The number of carbonyl (C=O) groups is 1. The molecule has 2 aromatic carbocycles. The van der Waals surface area contributed by atoms with Crippen molar-refractivity contribution in [1.82, 2.24) is 4.90 Å². The summed E-state index contributed by atoms with van der Waals surface area (Å²) in [4.78, 5) is 14.2. The number of nitrogens with one attached hydrogen (secondary N) is 1. The van der Waals surface area contributed by atoms with Gasteiger partial charge in [0.2, 0.25) is 5.91 Å². The van der Waals surface area contributed by atoms with E-state index < -0.39 is 0 Å². The summed E-state index contributed by atoms with van der Waals surface area (Å²) in [5, 5.41) is 3.47. The van der Waals surface area contributed by atoms with Crippen molar-refractivity contribution in [2.24, 2.45) is 0 Å². The molecule has 24 heavy (non-hydrogen) atoms. The monoisotopic (exact) mass is 346 g/mol. The van der Waals surface area contributed by atoms with Crippen molar-refractivity contribution < 1.29 is 9.53 Å². The fraction of sp³-hybridized carbons (Fsp3) is 0.316. The molecule has 2 rings (SSSR count). The minimum absolute atomic E-state index is 0.0887. The van der Waals surface area contributed by atoms with Gasteiger partial charge in [-0.25, -0.2) is 0 Å². The molecule has 2 aromatic rings. The van der Waals surface area contributed by atoms with Gasteiger partial charge in [-0.15, -0.1) is 0 Å². The lowest BCUT2D eigenvalue weighted by Gasteiger charge is -2.18. The molecule has 0 saturated heterocycles. The molecule has 1 amide bonds. The van der Waals surface area contributed by atoms with Crippen molar-refractivity contribution in [2.75, 3.05) is 26.0 Å². The van der Waals surface area contributed by atoms with Crippen molar-refractivity contribution in [2.45, 2.75) is 20.4 Å². The molecule has 0 heterocycles. The van der Waals surface area contributed by atoms with Gasteiger partial charge in [-0.1, -0.05) is 29.8 Å². The number of methoxy groups -OCH3 is 1. The average molecular weight is 347 g/mol. The number of amides is 1. The van der Waals surface area contributed by atoms with Gasteiger partial charge < -0.3 is 10.1 Å². The maximum absolute atomic E-state index is 12.3. The Morgan fingerprint density at radius 3 is 2.67 bits per heavy atom. The van der Waals surface area contributed by atoms with Crippen LogP contribution in [0.2, 0.25) is 5.02 Å². The van der Waals surface area contributed by atoms with Crippen LogP contribution in [0.3, 0.4) is 0 Å². The van der Waals surface area contributed by atoms with E-state index in [9.17, 15) is 4.79 Å². The highest BCUT2D eigenvalue weighted by Gasteiger charge is 2.12. The van der Waals surface area contributed by atoms with Crippen LogP contribution in [0.4, 0.5) is 5.69 Å². The van der Waals surface area contributed by atoms with Crippen molar-refractivity contribution in [3.05, 3.63) is 58.1 Å². The number of nitrogens with zero attached hydrogens (tertiary/aromatic N) is 1. The Morgan fingerprint density at radius 1 is 1.25 bits per heavy atom. The normalized spacial score (nSPS) is 10.8. The van der Waals surface area contributed by atoms with Gasteiger partial charge in [0.1, 0.15) is 5.75 Å². The molecule has 0 aliphatic rings. The number of hydrogen-bond acceptors (Lipinski definition) is 3. The van der Waals surface area contributed by atoms with E-state index in [4.69, 9.17) is 16.3 Å². The van der Waals surface area contributed by atoms with Gasteiger partial charge in [0.05, 0.1) is 24.4 Å². The van der Waals surface area contributed by atoms with Crippen LogP contribution in [0.5, 0.6) is 5.75 Å². The number of ether oxygens (including phenoxy) is 1. The molecule has 0 spiro atoms. The van der Waals surface area contributed by atoms with Gasteiger partial charge in [-0.3, -0.25) is 9.69 Å². The van der Waals surface area contributed by atoms with E-state index in [1.165, 1.54) is 0 Å². The van der Waals surface area contributed by atoms with Crippen molar-refractivity contribution in [3.63, 3.8) is 0 Å². The quantitative estimate of drug-likeness (QED) is 0.858. The molecular weight excluding hydrogens is 324 g/mol. The number of likely N-dealkylation sites (N-methyl/N-ethyl adjacent to an activating group) is 1. The second-order valence-electron chi connectivity index (χ2n) is 6.01. The van der Waals surface area contributed by atoms with E-state index in [1.807, 2.05) is 62.2 Å². The molecule has 1 N–H and O–H groups in total. The van der Waals surface area contributed by atoms with Gasteiger partial charge in [0.15, 0.2) is 0 Å². The number of hydrogen-bond donors (Lipinski definition) is 1. The van der Waals surface area contributed by atoms with E-state index in [1.54, 1.807) is 7.11 Å². The molecule has 0 aliphatic heterocycles. The maximum atomic E-state index is 12.3. The van der Waals surface area contributed by atoms with E-state index in [0.29, 0.717) is 17.3 Å². The lowest BCUT2D eigenvalue weighted by molar-refractivity contribution is -0.117. The summed E-state index contributed by atoms with van der Waals surface area (Å²) in [5.41, 5.74) is 3.81. The first-order chi connectivity index (χ1) is 11.4. The number of carbonyl (C=O) groups excluding carboxylic acids is 1. The average Bonchev–Trinajstić information content (AvgIpc) is 2.50. The number of benzene rings is 2. The van der Waals surface area contributed by atoms with Crippen LogP contribution in [-0.4, -0.2) is 31.5 Å². The van der Waals surface area contributed by atoms with Crippen LogP contribution in [-0.2, 0) is 11.3 Å². The highest BCUT2D eigenvalue weighted by atomic mass is 35.5. The molecule has 128 valence electrons. The van der Waals surface area contributed by atoms with E-state index in [-0.39, 0.29) is 12.5 Å². The lowest BCUT2D eigenvalue weighted by atomic mass is 10.1. The molecule has 0 saturated carbocycles. The van der Waals surface area contributed by atoms with Gasteiger partial charge >= 0.3 is 0 Å². The molecule has 0 aromatic heterocycles. The molecule has 5 heteroatoms. The highest BCUT2D eigenvalue weighted by Crippen LogP contribution is 2.27. The number of rotatable bonds is 6. The highest BCUT2D eigenvalue weighted by molar-refractivity contribution is 6.34. The van der Waals surface area contributed by atoms with Crippen molar-refractivity contribution in [3.8, 4) is 5.75 Å². The summed E-state index contributed by atoms with van der Waals surface area (Å²) in [6, 6.07) is 11.7. The fourth-order valence-electron chi connectivity index (χ4n) is 2.64. The van der Waals surface area contributed by atoms with Gasteiger partial charge in [0.25, 0.3) is 0 Å². The summed E-state index contributed by atoms with van der Waals surface area (Å²) < 4.78 is 5.22. The Kier molecular flexibility index (Phi) is 6.23. The Balaban J connectivity index is 1.97. The topological polar surface area (TPSA) is 41.6 Å². The maximum Gasteiger partial charge on any atom is 0.238 e. The van der Waals surface area contributed by atoms with Gasteiger partial charge in [0, 0.05) is 6.54 Å². The minimum Gasteiger partial charge on any atom is -0.497 e. The second kappa shape index (κ2) is 8.18. The van der Waals surface area contributed by atoms with E-state index >= 15 is 0 Å². The first-order valence-corrected chi connectivity index (χ1v) is 8.15. The van der Waals surface area contributed by atoms with Crippen LogP contribution in [0.1, 0.15) is 16.7 Å². The number of anilines is 1. The molecule has 0 aliphatic carbocycles. The van der Waals surface area contributed by atoms with Crippen LogP contribution in [0.15, 0.2) is 36.4 Å². The minimum atomic E-state index is -0.0887. The Bertz CT molecular complexity index is 708. The lowest BCUT2D eigenvalue weighted by Crippen LogP contribution is -2.30. The smallest absolute Gasteiger partial charge is 0.238 e. The largest absolute Gasteiger partial charge is 0.497 e. The summed E-state index contributed by atoms with van der Waals surface area (Å²) in [7, 11) is 3.55. The van der Waals surface area contributed by atoms with Crippen LogP contribution >= 0.6 is 11.6 Å². The summed E-state index contributed by atoms with van der Waals surface area (Å²) in [5.74, 6) is 0.724. The molecule has 4 nitrogen and oxygen atoms in total. The zero-order valence-electron chi connectivity index (χ0n) is 14.5. The predicted molar refractivity (Wildman–Crippen MR) is 98.9 cm³/mol. The second-order valence-corrected chi connectivity index (χ2v) is 6.42. The van der Waals surface area contributed by atoms with Crippen molar-refractivity contribution in [1.29, 1.82) is 0 Å². The third-order valence-corrected chi connectivity index (χ3v) is 3.99. The van der Waals surface area contributed by atoms with E-state index in [2.05, 4.69) is 5.32 Å². The van der Waals surface area contributed by atoms with E-state index in [0.717, 1.165) is 22.4 Å². The zero-order chi connectivity index (χ0) is 17.7. The van der Waals surface area contributed by atoms with Gasteiger partial charge in [-0.05, 0) is 55.8 Å². The van der Waals surface area contributed by atoms with Crippen LogP contribution < -0.4 is 10.1 Å². The standard InChI is InChI=1S/C19H23ClN2O2/c1-13-8-14(2)19(17(20)9-13)21-18(23)12-22(3)11-15-6-5-7-16(10-15)24-4/h5-10H,11-12H2,1-4H3,(H,21,23). The summed E-state index contributed by atoms with van der Waals surface area (Å²) >= 11 is 6.24. The molecule has 0 bridgehead atoms. The summed E-state index contributed by atoms with van der Waals surface area (Å²) in [6.07, 6.45) is 0. The van der Waals surface area contributed by atoms with Crippen LogP contribution in [0, 0.1) is 13.8 Å². The molecule has 0 atom stereocenters. The molecule has 0 unspecified atom stereocenters. The zero-order valence-corrected chi connectivity index (χ0v) is 15.3. The summed E-state index contributed by atoms with van der Waals surface area (Å²) in [6.45, 7) is 4.85.